The van der Waals surface area contributed by atoms with E-state index in [1.807, 2.05) is 7.05 Å². The summed E-state index contributed by atoms with van der Waals surface area (Å²) in [5, 5.41) is 7.22. The van der Waals surface area contributed by atoms with E-state index < -0.39 is 0 Å². The number of nitrogens with two attached hydrogens (primary N) is 1. The number of carbonyl (C=O) groups excluding carboxylic acids is 1. The first-order chi connectivity index (χ1) is 8.69. The highest BCUT2D eigenvalue weighted by Crippen LogP contribution is 2.19. The van der Waals surface area contributed by atoms with Crippen LogP contribution in [-0.2, 0) is 11.3 Å². The molecule has 1 heterocycles. The second-order valence-corrected chi connectivity index (χ2v) is 5.76. The fourth-order valence-electron chi connectivity index (χ4n) is 1.95. The van der Waals surface area contributed by atoms with Crippen LogP contribution in [0, 0.1) is 0 Å². The lowest BCUT2D eigenvalue weighted by atomic mass is 10.1. The molecule has 3 N–H and O–H groups in total. The molecule has 1 amide bonds. The van der Waals surface area contributed by atoms with Crippen molar-refractivity contribution in [2.75, 3.05) is 13.6 Å². The van der Waals surface area contributed by atoms with Gasteiger partial charge in [-0.25, -0.2) is 0 Å². The van der Waals surface area contributed by atoms with Crippen LogP contribution in [0.3, 0.4) is 0 Å². The van der Waals surface area contributed by atoms with Gasteiger partial charge < -0.3 is 11.1 Å². The summed E-state index contributed by atoms with van der Waals surface area (Å²) in [5.41, 5.74) is 7.06. The first-order valence-corrected chi connectivity index (χ1v) is 7.34. The van der Waals surface area contributed by atoms with Crippen LogP contribution in [0.5, 0.6) is 0 Å². The minimum absolute atomic E-state index is 0.114. The van der Waals surface area contributed by atoms with Gasteiger partial charge >= 0.3 is 0 Å². The van der Waals surface area contributed by atoms with Gasteiger partial charge in [0.05, 0.1) is 0 Å². The highest BCUT2D eigenvalue weighted by Gasteiger charge is 2.25. The van der Waals surface area contributed by atoms with Gasteiger partial charge in [0.15, 0.2) is 0 Å². The molecule has 5 heteroatoms. The van der Waals surface area contributed by atoms with Crippen molar-refractivity contribution >= 4 is 17.2 Å². The SMILES string of the molecule is CN(Cc1ccsc1)C(CN)CC(=O)NC1CC1. The Morgan fingerprint density at radius 3 is 3.00 bits per heavy atom. The highest BCUT2D eigenvalue weighted by molar-refractivity contribution is 7.07. The lowest BCUT2D eigenvalue weighted by Gasteiger charge is -2.26. The van der Waals surface area contributed by atoms with Crippen molar-refractivity contribution < 1.29 is 4.79 Å². The van der Waals surface area contributed by atoms with E-state index in [4.69, 9.17) is 5.73 Å². The van der Waals surface area contributed by atoms with Crippen molar-refractivity contribution in [3.05, 3.63) is 22.4 Å². The minimum Gasteiger partial charge on any atom is -0.353 e. The second kappa shape index (κ2) is 6.31. The van der Waals surface area contributed by atoms with E-state index in [9.17, 15) is 4.79 Å². The Bertz CT molecular complexity index is 376. The Morgan fingerprint density at radius 2 is 2.44 bits per heavy atom. The van der Waals surface area contributed by atoms with Gasteiger partial charge in [-0.3, -0.25) is 9.69 Å². The lowest BCUT2D eigenvalue weighted by Crippen LogP contribution is -2.41. The molecule has 18 heavy (non-hydrogen) atoms. The number of nitrogens with zero attached hydrogens (tertiary/aromatic N) is 1. The molecular formula is C13H21N3OS. The van der Waals surface area contributed by atoms with Crippen LogP contribution in [0.2, 0.25) is 0 Å². The average Bonchev–Trinajstić information content (AvgIpc) is 3.00. The van der Waals surface area contributed by atoms with Gasteiger partial charge in [0.25, 0.3) is 0 Å². The molecule has 1 aliphatic rings. The summed E-state index contributed by atoms with van der Waals surface area (Å²) < 4.78 is 0. The van der Waals surface area contributed by atoms with Crippen molar-refractivity contribution in [2.24, 2.45) is 5.73 Å². The Hall–Kier alpha value is -0.910. The number of hydrogen-bond donors (Lipinski definition) is 2. The summed E-state index contributed by atoms with van der Waals surface area (Å²) >= 11 is 1.69. The number of amides is 1. The van der Waals surface area contributed by atoms with E-state index >= 15 is 0 Å². The molecule has 100 valence electrons. The zero-order chi connectivity index (χ0) is 13.0. The maximum Gasteiger partial charge on any atom is 0.221 e. The highest BCUT2D eigenvalue weighted by atomic mass is 32.1. The van der Waals surface area contributed by atoms with Gasteiger partial charge in [-0.2, -0.15) is 11.3 Å². The summed E-state index contributed by atoms with van der Waals surface area (Å²) in [6.07, 6.45) is 2.75. The fraction of sp³-hybridized carbons (Fsp3) is 0.615. The minimum atomic E-state index is 0.114. The summed E-state index contributed by atoms with van der Waals surface area (Å²) in [5.74, 6) is 0.130. The average molecular weight is 267 g/mol. The summed E-state index contributed by atoms with van der Waals surface area (Å²) in [6.45, 7) is 1.36. The molecule has 1 fully saturated rings. The number of hydrogen-bond acceptors (Lipinski definition) is 4. The van der Waals surface area contributed by atoms with Gasteiger partial charge in [-0.1, -0.05) is 0 Å². The molecule has 0 aromatic carbocycles. The molecule has 1 aromatic heterocycles. The van der Waals surface area contributed by atoms with Crippen molar-refractivity contribution in [3.63, 3.8) is 0 Å². The second-order valence-electron chi connectivity index (χ2n) is 4.98. The molecule has 1 saturated carbocycles. The number of carbonyl (C=O) groups is 1. The largest absolute Gasteiger partial charge is 0.353 e. The van der Waals surface area contributed by atoms with Crippen LogP contribution in [-0.4, -0.2) is 36.5 Å². The molecule has 1 aromatic rings. The molecule has 1 unspecified atom stereocenters. The van der Waals surface area contributed by atoms with Crippen molar-refractivity contribution in [1.29, 1.82) is 0 Å². The maximum atomic E-state index is 11.8. The van der Waals surface area contributed by atoms with Gasteiger partial charge in [0.1, 0.15) is 0 Å². The van der Waals surface area contributed by atoms with Crippen molar-refractivity contribution in [2.45, 2.75) is 37.9 Å². The Balaban J connectivity index is 1.80. The summed E-state index contributed by atoms with van der Waals surface area (Å²) in [6, 6.07) is 2.65. The fourth-order valence-corrected chi connectivity index (χ4v) is 2.61. The third-order valence-corrected chi connectivity index (χ3v) is 4.00. The summed E-state index contributed by atoms with van der Waals surface area (Å²) in [7, 11) is 2.03. The third-order valence-electron chi connectivity index (χ3n) is 3.27. The van der Waals surface area contributed by atoms with E-state index in [0.717, 1.165) is 19.4 Å². The van der Waals surface area contributed by atoms with Crippen LogP contribution >= 0.6 is 11.3 Å². The van der Waals surface area contributed by atoms with Gasteiger partial charge in [-0.05, 0) is 42.3 Å². The van der Waals surface area contributed by atoms with Crippen LogP contribution in [0.1, 0.15) is 24.8 Å². The van der Waals surface area contributed by atoms with Gasteiger partial charge in [0.2, 0.25) is 5.91 Å². The molecular weight excluding hydrogens is 246 g/mol. The molecule has 2 rings (SSSR count). The molecule has 0 radical (unpaired) electrons. The first-order valence-electron chi connectivity index (χ1n) is 6.39. The summed E-state index contributed by atoms with van der Waals surface area (Å²) in [4.78, 5) is 13.9. The van der Waals surface area contributed by atoms with Gasteiger partial charge in [0, 0.05) is 31.6 Å². The normalized spacial score (nSPS) is 16.8. The van der Waals surface area contributed by atoms with E-state index in [1.54, 1.807) is 11.3 Å². The molecule has 0 saturated heterocycles. The predicted octanol–water partition coefficient (Wildman–Crippen LogP) is 1.18. The Labute approximate surface area is 112 Å². The first kappa shape index (κ1) is 13.5. The third kappa shape index (κ3) is 4.08. The van der Waals surface area contributed by atoms with Crippen LogP contribution in [0.25, 0.3) is 0 Å². The number of likely N-dealkylation sites (N-methyl/N-ethyl adjacent to an activating group) is 1. The lowest BCUT2D eigenvalue weighted by molar-refractivity contribution is -0.122. The van der Waals surface area contributed by atoms with Crippen LogP contribution < -0.4 is 11.1 Å². The molecule has 4 nitrogen and oxygen atoms in total. The maximum absolute atomic E-state index is 11.8. The number of nitrogens with one attached hydrogen (secondary N) is 1. The predicted molar refractivity (Wildman–Crippen MR) is 74.4 cm³/mol. The van der Waals surface area contributed by atoms with E-state index in [0.29, 0.717) is 19.0 Å². The zero-order valence-corrected chi connectivity index (χ0v) is 11.6. The van der Waals surface area contributed by atoms with E-state index in [1.165, 1.54) is 5.56 Å². The van der Waals surface area contributed by atoms with E-state index in [-0.39, 0.29) is 11.9 Å². The Morgan fingerprint density at radius 1 is 1.67 bits per heavy atom. The monoisotopic (exact) mass is 267 g/mol. The molecule has 0 bridgehead atoms. The van der Waals surface area contributed by atoms with Crippen LogP contribution in [0.4, 0.5) is 0 Å². The van der Waals surface area contributed by atoms with Gasteiger partial charge in [-0.15, -0.1) is 0 Å². The Kier molecular flexibility index (Phi) is 4.74. The zero-order valence-electron chi connectivity index (χ0n) is 10.8. The standard InChI is InChI=1S/C13H21N3OS/c1-16(8-10-4-5-18-9-10)12(7-14)6-13(17)15-11-2-3-11/h4-5,9,11-12H,2-3,6-8,14H2,1H3,(H,15,17). The smallest absolute Gasteiger partial charge is 0.221 e. The number of thiophene rings is 1. The topological polar surface area (TPSA) is 58.4 Å². The molecule has 0 aliphatic heterocycles. The molecule has 1 atom stereocenters. The van der Waals surface area contributed by atoms with E-state index in [2.05, 4.69) is 27.0 Å². The van der Waals surface area contributed by atoms with Crippen LogP contribution in [0.15, 0.2) is 16.8 Å². The molecule has 1 aliphatic carbocycles. The van der Waals surface area contributed by atoms with Crippen molar-refractivity contribution in [1.82, 2.24) is 10.2 Å². The molecule has 0 spiro atoms. The number of rotatable bonds is 7. The van der Waals surface area contributed by atoms with Crippen molar-refractivity contribution in [3.8, 4) is 0 Å². The quantitative estimate of drug-likeness (QED) is 0.780.